The summed E-state index contributed by atoms with van der Waals surface area (Å²) >= 11 is 0. The van der Waals surface area contributed by atoms with Crippen LogP contribution in [0.1, 0.15) is 37.1 Å². The van der Waals surface area contributed by atoms with Crippen LogP contribution >= 0.6 is 0 Å². The molecule has 1 heterocycles. The summed E-state index contributed by atoms with van der Waals surface area (Å²) in [6.07, 6.45) is 3.53. The summed E-state index contributed by atoms with van der Waals surface area (Å²) in [7, 11) is 0. The molecule has 3 nitrogen and oxygen atoms in total. The number of hydrogen-bond acceptors (Lipinski definition) is 2. The molecule has 4 rings (SSSR count). The third-order valence-electron chi connectivity index (χ3n) is 4.22. The summed E-state index contributed by atoms with van der Waals surface area (Å²) in [5, 5.41) is 0. The summed E-state index contributed by atoms with van der Waals surface area (Å²) in [6.45, 7) is 2.19. The topological polar surface area (TPSA) is 43.8 Å². The van der Waals surface area contributed by atoms with Crippen LogP contribution in [0.3, 0.4) is 0 Å². The fraction of sp³-hybridized carbons (Fsp3) is 0.278. The lowest BCUT2D eigenvalue weighted by atomic mass is 10.1. The Morgan fingerprint density at radius 2 is 2.05 bits per heavy atom. The van der Waals surface area contributed by atoms with Crippen molar-refractivity contribution in [3.63, 3.8) is 0 Å². The van der Waals surface area contributed by atoms with E-state index in [-0.39, 0.29) is 0 Å². The smallest absolute Gasteiger partial charge is 0.117 e. The minimum atomic E-state index is 0.601. The summed E-state index contributed by atoms with van der Waals surface area (Å²) in [5.41, 5.74) is 11.4. The van der Waals surface area contributed by atoms with Gasteiger partial charge in [0.2, 0.25) is 0 Å². The van der Waals surface area contributed by atoms with E-state index >= 15 is 0 Å². The number of fused-ring (bicyclic) bond motifs is 1. The van der Waals surface area contributed by atoms with Crippen molar-refractivity contribution < 1.29 is 0 Å². The highest BCUT2D eigenvalue weighted by atomic mass is 15.1. The van der Waals surface area contributed by atoms with Gasteiger partial charge in [-0.3, -0.25) is 4.57 Å². The third kappa shape index (κ3) is 2.09. The van der Waals surface area contributed by atoms with Gasteiger partial charge in [0, 0.05) is 17.3 Å². The molecule has 3 aromatic rings. The molecule has 1 saturated carbocycles. The van der Waals surface area contributed by atoms with E-state index in [2.05, 4.69) is 41.8 Å². The van der Waals surface area contributed by atoms with Crippen molar-refractivity contribution in [1.82, 2.24) is 9.55 Å². The van der Waals surface area contributed by atoms with Crippen molar-refractivity contribution >= 4 is 16.7 Å². The van der Waals surface area contributed by atoms with Gasteiger partial charge in [0.05, 0.1) is 11.0 Å². The Bertz CT molecular complexity index is 812. The Morgan fingerprint density at radius 3 is 2.81 bits per heavy atom. The molecule has 1 aliphatic carbocycles. The van der Waals surface area contributed by atoms with Crippen molar-refractivity contribution in [2.24, 2.45) is 0 Å². The highest BCUT2D eigenvalue weighted by molar-refractivity contribution is 5.81. The SMILES string of the molecule is CCc1cccc(-n2c(C3CC3)nc3cc(N)ccc32)c1. The molecule has 21 heavy (non-hydrogen) atoms. The summed E-state index contributed by atoms with van der Waals surface area (Å²) < 4.78 is 2.31. The molecule has 106 valence electrons. The van der Waals surface area contributed by atoms with Crippen molar-refractivity contribution in [3.05, 3.63) is 53.9 Å². The molecular weight excluding hydrogens is 258 g/mol. The molecule has 1 aliphatic rings. The Labute approximate surface area is 124 Å². The van der Waals surface area contributed by atoms with E-state index in [0.29, 0.717) is 5.92 Å². The maximum absolute atomic E-state index is 5.91. The summed E-state index contributed by atoms with van der Waals surface area (Å²) in [4.78, 5) is 4.85. The van der Waals surface area contributed by atoms with Gasteiger partial charge in [-0.05, 0) is 55.2 Å². The number of hydrogen-bond donors (Lipinski definition) is 1. The molecule has 0 bridgehead atoms. The molecular formula is C18H19N3. The van der Waals surface area contributed by atoms with Gasteiger partial charge in [-0.15, -0.1) is 0 Å². The van der Waals surface area contributed by atoms with Gasteiger partial charge in [0.1, 0.15) is 5.82 Å². The van der Waals surface area contributed by atoms with E-state index in [1.165, 1.54) is 29.9 Å². The van der Waals surface area contributed by atoms with Gasteiger partial charge in [-0.1, -0.05) is 19.1 Å². The Hall–Kier alpha value is -2.29. The molecule has 3 heteroatoms. The maximum Gasteiger partial charge on any atom is 0.117 e. The van der Waals surface area contributed by atoms with E-state index in [1.54, 1.807) is 0 Å². The zero-order valence-electron chi connectivity index (χ0n) is 12.2. The van der Waals surface area contributed by atoms with Crippen molar-refractivity contribution in [2.75, 3.05) is 5.73 Å². The number of nitrogens with zero attached hydrogens (tertiary/aromatic N) is 2. The van der Waals surface area contributed by atoms with Crippen LogP contribution in [0.5, 0.6) is 0 Å². The van der Waals surface area contributed by atoms with Crippen LogP contribution in [0.4, 0.5) is 5.69 Å². The third-order valence-corrected chi connectivity index (χ3v) is 4.22. The molecule has 2 aromatic carbocycles. The molecule has 0 atom stereocenters. The number of anilines is 1. The van der Waals surface area contributed by atoms with Gasteiger partial charge in [-0.25, -0.2) is 4.98 Å². The monoisotopic (exact) mass is 277 g/mol. The summed E-state index contributed by atoms with van der Waals surface area (Å²) in [6, 6.07) is 14.8. The molecule has 2 N–H and O–H groups in total. The van der Waals surface area contributed by atoms with E-state index in [4.69, 9.17) is 10.7 Å². The number of aromatic nitrogens is 2. The molecule has 0 saturated heterocycles. The number of nitrogen functional groups attached to an aromatic ring is 1. The minimum absolute atomic E-state index is 0.601. The number of rotatable bonds is 3. The van der Waals surface area contributed by atoms with Gasteiger partial charge in [-0.2, -0.15) is 0 Å². The van der Waals surface area contributed by atoms with Gasteiger partial charge < -0.3 is 5.73 Å². The van der Waals surface area contributed by atoms with E-state index in [1.807, 2.05) is 12.1 Å². The van der Waals surface area contributed by atoms with E-state index in [9.17, 15) is 0 Å². The molecule has 0 aliphatic heterocycles. The van der Waals surface area contributed by atoms with E-state index in [0.717, 1.165) is 23.1 Å². The Balaban J connectivity index is 1.98. The molecule has 1 aromatic heterocycles. The normalized spacial score (nSPS) is 14.7. The number of imidazole rings is 1. The lowest BCUT2D eigenvalue weighted by Gasteiger charge is -2.10. The summed E-state index contributed by atoms with van der Waals surface area (Å²) in [5.74, 6) is 1.78. The fourth-order valence-corrected chi connectivity index (χ4v) is 2.92. The van der Waals surface area contributed by atoms with Crippen LogP contribution in [0.2, 0.25) is 0 Å². The molecule has 0 unspecified atom stereocenters. The zero-order valence-corrected chi connectivity index (χ0v) is 12.2. The van der Waals surface area contributed by atoms with Gasteiger partial charge >= 0.3 is 0 Å². The zero-order chi connectivity index (χ0) is 14.4. The van der Waals surface area contributed by atoms with E-state index < -0.39 is 0 Å². The van der Waals surface area contributed by atoms with Gasteiger partial charge in [0.25, 0.3) is 0 Å². The first-order chi connectivity index (χ1) is 10.3. The van der Waals surface area contributed by atoms with Crippen LogP contribution in [-0.2, 0) is 6.42 Å². The molecule has 0 spiro atoms. The van der Waals surface area contributed by atoms with Crippen LogP contribution in [0.15, 0.2) is 42.5 Å². The molecule has 0 amide bonds. The molecule has 1 fully saturated rings. The number of aryl methyl sites for hydroxylation is 1. The van der Waals surface area contributed by atoms with Crippen LogP contribution in [0.25, 0.3) is 16.7 Å². The fourth-order valence-electron chi connectivity index (χ4n) is 2.92. The highest BCUT2D eigenvalue weighted by Crippen LogP contribution is 2.42. The average molecular weight is 277 g/mol. The first-order valence-corrected chi connectivity index (χ1v) is 7.63. The number of benzene rings is 2. The van der Waals surface area contributed by atoms with Crippen LogP contribution < -0.4 is 5.73 Å². The minimum Gasteiger partial charge on any atom is -0.399 e. The van der Waals surface area contributed by atoms with Gasteiger partial charge in [0.15, 0.2) is 0 Å². The quantitative estimate of drug-likeness (QED) is 0.734. The lowest BCUT2D eigenvalue weighted by molar-refractivity contribution is 0.894. The van der Waals surface area contributed by atoms with Crippen molar-refractivity contribution in [3.8, 4) is 5.69 Å². The second kappa shape index (κ2) is 4.62. The predicted octanol–water partition coefficient (Wildman–Crippen LogP) is 4.05. The van der Waals surface area contributed by atoms with Crippen molar-refractivity contribution in [2.45, 2.75) is 32.1 Å². The first kappa shape index (κ1) is 12.5. The maximum atomic E-state index is 5.91. The largest absolute Gasteiger partial charge is 0.399 e. The Kier molecular flexibility index (Phi) is 2.74. The Morgan fingerprint density at radius 1 is 1.19 bits per heavy atom. The lowest BCUT2D eigenvalue weighted by Crippen LogP contribution is -2.00. The highest BCUT2D eigenvalue weighted by Gasteiger charge is 2.30. The van der Waals surface area contributed by atoms with Crippen molar-refractivity contribution in [1.29, 1.82) is 0 Å². The second-order valence-electron chi connectivity index (χ2n) is 5.85. The van der Waals surface area contributed by atoms with Crippen LogP contribution in [0, 0.1) is 0 Å². The standard InChI is InChI=1S/C18H19N3/c1-2-12-4-3-5-15(10-12)21-17-9-8-14(19)11-16(17)20-18(21)13-6-7-13/h3-5,8-11,13H,2,6-7,19H2,1H3. The predicted molar refractivity (Wildman–Crippen MR) is 86.8 cm³/mol. The van der Waals surface area contributed by atoms with Crippen LogP contribution in [-0.4, -0.2) is 9.55 Å². The molecule has 0 radical (unpaired) electrons. The second-order valence-corrected chi connectivity index (χ2v) is 5.85. The number of nitrogens with two attached hydrogens (primary N) is 1. The first-order valence-electron chi connectivity index (χ1n) is 7.63. The average Bonchev–Trinajstić information content (AvgIpc) is 3.28.